The van der Waals surface area contributed by atoms with Crippen molar-refractivity contribution in [2.75, 3.05) is 33.0 Å². The number of hydrogen-bond donors (Lipinski definition) is 0. The predicted molar refractivity (Wildman–Crippen MR) is 153 cm³/mol. The summed E-state index contributed by atoms with van der Waals surface area (Å²) in [7, 11) is 0. The summed E-state index contributed by atoms with van der Waals surface area (Å²) in [5, 5.41) is 2.14. The quantitative estimate of drug-likeness (QED) is 0.0899. The topological polar surface area (TPSA) is 31.6 Å². The largest absolute Gasteiger partial charge is 0.381 e. The molecule has 0 N–H and O–H groups in total. The van der Waals surface area contributed by atoms with Crippen LogP contribution in [0, 0.1) is 5.92 Å². The second-order valence-electron chi connectivity index (χ2n) is 11.0. The third kappa shape index (κ3) is 17.9. The van der Waals surface area contributed by atoms with E-state index >= 15 is 0 Å². The van der Waals surface area contributed by atoms with Crippen LogP contribution in [0.4, 0.5) is 0 Å². The highest BCUT2D eigenvalue weighted by Gasteiger charge is 2.25. The Morgan fingerprint density at radius 3 is 1.86 bits per heavy atom. The number of thiazole rings is 1. The van der Waals surface area contributed by atoms with Crippen LogP contribution in [0.25, 0.3) is 0 Å². The molecule has 1 aliphatic rings. The average molecular weight is 525 g/mol. The molecule has 0 saturated carbocycles. The van der Waals surface area contributed by atoms with Crippen molar-refractivity contribution in [1.82, 2.24) is 0 Å². The SMILES string of the molecule is CCCCCCCCCCCCCCCCOC[C@H]1C[C@H](COCCCCCC[n+]2ccsc2)CO1. The molecule has 5 heteroatoms. The van der Waals surface area contributed by atoms with Crippen LogP contribution in [0.5, 0.6) is 0 Å². The fraction of sp³-hybridized carbons (Fsp3) is 0.903. The van der Waals surface area contributed by atoms with Gasteiger partial charge in [-0.25, -0.2) is 0 Å². The zero-order valence-corrected chi connectivity index (χ0v) is 24.5. The lowest BCUT2D eigenvalue weighted by Gasteiger charge is -2.11. The van der Waals surface area contributed by atoms with E-state index in [0.717, 1.165) is 46.0 Å². The lowest BCUT2D eigenvalue weighted by Crippen LogP contribution is -2.29. The number of ether oxygens (including phenoxy) is 3. The second-order valence-corrected chi connectivity index (χ2v) is 11.7. The minimum atomic E-state index is 0.278. The summed E-state index contributed by atoms with van der Waals surface area (Å²) >= 11 is 1.76. The minimum Gasteiger partial charge on any atom is -0.381 e. The molecule has 2 heterocycles. The molecular weight excluding hydrogens is 466 g/mol. The lowest BCUT2D eigenvalue weighted by molar-refractivity contribution is -0.692. The molecule has 0 spiro atoms. The highest BCUT2D eigenvalue weighted by atomic mass is 32.1. The molecule has 2 atom stereocenters. The van der Waals surface area contributed by atoms with Crippen LogP contribution in [0.15, 0.2) is 17.1 Å². The van der Waals surface area contributed by atoms with Crippen LogP contribution in [-0.2, 0) is 20.8 Å². The first-order chi connectivity index (χ1) is 17.9. The van der Waals surface area contributed by atoms with Crippen LogP contribution >= 0.6 is 11.3 Å². The molecule has 0 aliphatic carbocycles. The Labute approximate surface area is 227 Å². The molecule has 0 amide bonds. The Bertz CT molecular complexity index is 568. The van der Waals surface area contributed by atoms with E-state index in [-0.39, 0.29) is 6.10 Å². The van der Waals surface area contributed by atoms with E-state index in [0.29, 0.717) is 5.92 Å². The van der Waals surface area contributed by atoms with Crippen molar-refractivity contribution in [2.24, 2.45) is 5.92 Å². The first-order valence-electron chi connectivity index (χ1n) is 15.6. The second kappa shape index (κ2) is 23.6. The molecule has 1 aromatic rings. The van der Waals surface area contributed by atoms with E-state index < -0.39 is 0 Å². The van der Waals surface area contributed by atoms with Crippen molar-refractivity contribution in [3.05, 3.63) is 17.1 Å². The zero-order valence-electron chi connectivity index (χ0n) is 23.6. The van der Waals surface area contributed by atoms with Crippen molar-refractivity contribution < 1.29 is 18.8 Å². The standard InChI is InChI=1S/C31H58NO3S/c1-2-3-4-5-6-7-8-9-10-11-12-13-15-18-23-34-28-31-25-30(27-35-31)26-33-22-19-16-14-17-20-32-21-24-36-29-32/h21,24,29-31H,2-20,22-23,25-28H2,1H3/q+1/t30-,31-/m1/s1. The van der Waals surface area contributed by atoms with E-state index in [4.69, 9.17) is 14.2 Å². The number of aryl methyl sites for hydroxylation is 1. The van der Waals surface area contributed by atoms with Gasteiger partial charge in [-0.2, -0.15) is 4.57 Å². The molecular formula is C31H58NO3S+. The van der Waals surface area contributed by atoms with Gasteiger partial charge in [-0.1, -0.05) is 108 Å². The monoisotopic (exact) mass is 524 g/mol. The van der Waals surface area contributed by atoms with Gasteiger partial charge in [0.05, 0.1) is 31.3 Å². The summed E-state index contributed by atoms with van der Waals surface area (Å²) < 4.78 is 20.1. The van der Waals surface area contributed by atoms with Gasteiger partial charge in [-0.3, -0.25) is 0 Å². The Hall–Kier alpha value is -0.490. The molecule has 1 aromatic heterocycles. The van der Waals surface area contributed by atoms with Crippen molar-refractivity contribution in [2.45, 2.75) is 142 Å². The molecule has 0 aromatic carbocycles. The molecule has 0 unspecified atom stereocenters. The van der Waals surface area contributed by atoms with E-state index in [1.54, 1.807) is 11.3 Å². The number of unbranched alkanes of at least 4 members (excludes halogenated alkanes) is 16. The van der Waals surface area contributed by atoms with E-state index in [1.807, 2.05) is 0 Å². The Morgan fingerprint density at radius 2 is 1.28 bits per heavy atom. The summed E-state index contributed by atoms with van der Waals surface area (Å²) in [5.41, 5.74) is 2.19. The third-order valence-corrected chi connectivity index (χ3v) is 8.12. The van der Waals surface area contributed by atoms with Crippen LogP contribution < -0.4 is 4.57 Å². The van der Waals surface area contributed by atoms with Gasteiger partial charge in [0.15, 0.2) is 6.20 Å². The molecule has 1 fully saturated rings. The van der Waals surface area contributed by atoms with Crippen molar-refractivity contribution in [3.63, 3.8) is 0 Å². The van der Waals surface area contributed by atoms with Crippen molar-refractivity contribution in [1.29, 1.82) is 0 Å². The van der Waals surface area contributed by atoms with Crippen molar-refractivity contribution >= 4 is 11.3 Å². The molecule has 1 saturated heterocycles. The van der Waals surface area contributed by atoms with E-state index in [9.17, 15) is 0 Å². The van der Waals surface area contributed by atoms with Crippen LogP contribution in [0.1, 0.15) is 129 Å². The first kappa shape index (κ1) is 31.7. The number of rotatable bonds is 26. The van der Waals surface area contributed by atoms with Gasteiger partial charge in [-0.05, 0) is 25.7 Å². The summed E-state index contributed by atoms with van der Waals surface area (Å²) in [6.07, 6.45) is 28.1. The van der Waals surface area contributed by atoms with Gasteiger partial charge in [-0.15, -0.1) is 0 Å². The number of hydrogen-bond acceptors (Lipinski definition) is 4. The van der Waals surface area contributed by atoms with Gasteiger partial charge >= 0.3 is 0 Å². The highest BCUT2D eigenvalue weighted by Crippen LogP contribution is 2.20. The molecule has 36 heavy (non-hydrogen) atoms. The average Bonchev–Trinajstić information content (AvgIpc) is 3.58. The van der Waals surface area contributed by atoms with Crippen molar-refractivity contribution in [3.8, 4) is 0 Å². The fourth-order valence-corrected chi connectivity index (χ4v) is 5.75. The smallest absolute Gasteiger partial charge is 0.224 e. The maximum atomic E-state index is 5.93. The lowest BCUT2D eigenvalue weighted by atomic mass is 10.0. The highest BCUT2D eigenvalue weighted by molar-refractivity contribution is 7.07. The Morgan fingerprint density at radius 1 is 0.722 bits per heavy atom. The third-order valence-electron chi connectivity index (χ3n) is 7.45. The van der Waals surface area contributed by atoms with Crippen LogP contribution in [-0.4, -0.2) is 39.1 Å². The van der Waals surface area contributed by atoms with E-state index in [1.165, 1.54) is 116 Å². The van der Waals surface area contributed by atoms with E-state index in [2.05, 4.69) is 28.6 Å². The zero-order chi connectivity index (χ0) is 25.4. The number of nitrogens with zero attached hydrogens (tertiary/aromatic N) is 1. The molecule has 210 valence electrons. The normalized spacial score (nSPS) is 17.8. The summed E-state index contributed by atoms with van der Waals surface area (Å²) in [6, 6.07) is 0. The molecule has 0 bridgehead atoms. The Balaban J connectivity index is 1.25. The molecule has 2 rings (SSSR count). The van der Waals surface area contributed by atoms with Crippen LogP contribution in [0.2, 0.25) is 0 Å². The van der Waals surface area contributed by atoms with Crippen LogP contribution in [0.3, 0.4) is 0 Å². The maximum absolute atomic E-state index is 5.93. The van der Waals surface area contributed by atoms with Gasteiger partial charge < -0.3 is 14.2 Å². The number of aromatic nitrogens is 1. The maximum Gasteiger partial charge on any atom is 0.224 e. The molecule has 1 aliphatic heterocycles. The summed E-state index contributed by atoms with van der Waals surface area (Å²) in [6.45, 7) is 7.67. The molecule has 0 radical (unpaired) electrons. The predicted octanol–water partition coefficient (Wildman–Crippen LogP) is 8.52. The fourth-order valence-electron chi connectivity index (χ4n) is 5.12. The first-order valence-corrected chi connectivity index (χ1v) is 16.5. The Kier molecular flexibility index (Phi) is 20.8. The molecule has 4 nitrogen and oxygen atoms in total. The van der Waals surface area contributed by atoms with Gasteiger partial charge in [0.25, 0.3) is 0 Å². The summed E-state index contributed by atoms with van der Waals surface area (Å²) in [4.78, 5) is 0. The summed E-state index contributed by atoms with van der Waals surface area (Å²) in [5.74, 6) is 0.551. The minimum absolute atomic E-state index is 0.278. The van der Waals surface area contributed by atoms with Gasteiger partial charge in [0.1, 0.15) is 6.54 Å². The van der Waals surface area contributed by atoms with Gasteiger partial charge in [0.2, 0.25) is 5.51 Å². The van der Waals surface area contributed by atoms with Gasteiger partial charge in [0, 0.05) is 25.6 Å².